The van der Waals surface area contributed by atoms with Gasteiger partial charge in [0.15, 0.2) is 12.6 Å². The predicted molar refractivity (Wildman–Crippen MR) is 85.3 cm³/mol. The molecule has 23 heavy (non-hydrogen) atoms. The summed E-state index contributed by atoms with van der Waals surface area (Å²) in [4.78, 5) is 0. The van der Waals surface area contributed by atoms with Crippen molar-refractivity contribution in [3.8, 4) is 0 Å². The molecule has 2 aliphatic rings. The molecule has 2 rings (SSSR count). The Morgan fingerprint density at radius 2 is 1.43 bits per heavy atom. The van der Waals surface area contributed by atoms with E-state index in [4.69, 9.17) is 28.4 Å². The molecular formula is C17H32O6. The zero-order valence-corrected chi connectivity index (χ0v) is 14.4. The van der Waals surface area contributed by atoms with Crippen molar-refractivity contribution in [2.45, 2.75) is 64.1 Å². The lowest BCUT2D eigenvalue weighted by atomic mass is 10.2. The fraction of sp³-hybridized carbons (Fsp3) is 1.00. The van der Waals surface area contributed by atoms with Gasteiger partial charge in [0.1, 0.15) is 0 Å². The fourth-order valence-electron chi connectivity index (χ4n) is 2.65. The Morgan fingerprint density at radius 3 is 2.00 bits per heavy atom. The molecule has 3 unspecified atom stereocenters. The van der Waals surface area contributed by atoms with Crippen molar-refractivity contribution >= 4 is 0 Å². The smallest absolute Gasteiger partial charge is 0.157 e. The monoisotopic (exact) mass is 332 g/mol. The molecule has 6 nitrogen and oxygen atoms in total. The summed E-state index contributed by atoms with van der Waals surface area (Å²) in [5.74, 6) is 0. The van der Waals surface area contributed by atoms with E-state index in [1.54, 1.807) is 0 Å². The number of hydrogen-bond donors (Lipinski definition) is 0. The number of rotatable bonds is 11. The van der Waals surface area contributed by atoms with Gasteiger partial charge in [-0.1, -0.05) is 0 Å². The second-order valence-electron chi connectivity index (χ2n) is 6.09. The zero-order valence-electron chi connectivity index (χ0n) is 14.4. The normalized spacial score (nSPS) is 27.0. The second kappa shape index (κ2) is 12.2. The Morgan fingerprint density at radius 1 is 0.826 bits per heavy atom. The Hall–Kier alpha value is -0.240. The molecule has 0 aliphatic carbocycles. The van der Waals surface area contributed by atoms with Crippen LogP contribution in [0, 0.1) is 0 Å². The first-order valence-electron chi connectivity index (χ1n) is 9.00. The lowest BCUT2D eigenvalue weighted by molar-refractivity contribution is -0.175. The van der Waals surface area contributed by atoms with E-state index in [0.717, 1.165) is 38.9 Å². The van der Waals surface area contributed by atoms with E-state index in [-0.39, 0.29) is 18.7 Å². The van der Waals surface area contributed by atoms with E-state index in [9.17, 15) is 0 Å². The van der Waals surface area contributed by atoms with Crippen LogP contribution >= 0.6 is 0 Å². The van der Waals surface area contributed by atoms with Crippen molar-refractivity contribution in [2.24, 2.45) is 0 Å². The van der Waals surface area contributed by atoms with Crippen molar-refractivity contribution < 1.29 is 28.4 Å². The average molecular weight is 332 g/mol. The molecule has 0 amide bonds. The van der Waals surface area contributed by atoms with Crippen LogP contribution in [0.15, 0.2) is 0 Å². The molecule has 3 atom stereocenters. The fourth-order valence-corrected chi connectivity index (χ4v) is 2.65. The maximum atomic E-state index is 5.66. The molecule has 0 aromatic rings. The first-order valence-corrected chi connectivity index (χ1v) is 9.00. The van der Waals surface area contributed by atoms with E-state index in [2.05, 4.69) is 0 Å². The van der Waals surface area contributed by atoms with Crippen LogP contribution in [0.25, 0.3) is 0 Å². The van der Waals surface area contributed by atoms with Gasteiger partial charge in [0.05, 0.1) is 39.1 Å². The van der Waals surface area contributed by atoms with E-state index in [0.29, 0.717) is 33.0 Å². The van der Waals surface area contributed by atoms with Gasteiger partial charge in [0, 0.05) is 13.2 Å². The Balaban J connectivity index is 1.35. The van der Waals surface area contributed by atoms with Crippen LogP contribution in [0.2, 0.25) is 0 Å². The Bertz CT molecular complexity index is 276. The molecule has 0 saturated carbocycles. The highest BCUT2D eigenvalue weighted by Gasteiger charge is 2.14. The maximum absolute atomic E-state index is 5.66. The molecule has 136 valence electrons. The molecular weight excluding hydrogens is 300 g/mol. The van der Waals surface area contributed by atoms with Crippen molar-refractivity contribution in [3.05, 3.63) is 0 Å². The Kier molecular flexibility index (Phi) is 10.1. The van der Waals surface area contributed by atoms with Crippen molar-refractivity contribution in [3.63, 3.8) is 0 Å². The Labute approximate surface area is 139 Å². The second-order valence-corrected chi connectivity index (χ2v) is 6.09. The lowest BCUT2D eigenvalue weighted by Gasteiger charge is -2.23. The van der Waals surface area contributed by atoms with Crippen LogP contribution < -0.4 is 0 Å². The van der Waals surface area contributed by atoms with Gasteiger partial charge in [0.25, 0.3) is 0 Å². The largest absolute Gasteiger partial charge is 0.376 e. The van der Waals surface area contributed by atoms with E-state index < -0.39 is 0 Å². The molecule has 0 aromatic heterocycles. The van der Waals surface area contributed by atoms with Gasteiger partial charge < -0.3 is 28.4 Å². The van der Waals surface area contributed by atoms with Gasteiger partial charge in [-0.15, -0.1) is 0 Å². The highest BCUT2D eigenvalue weighted by molar-refractivity contribution is 4.55. The van der Waals surface area contributed by atoms with Crippen LogP contribution in [0.1, 0.15) is 45.4 Å². The van der Waals surface area contributed by atoms with Gasteiger partial charge in [-0.2, -0.15) is 0 Å². The summed E-state index contributed by atoms with van der Waals surface area (Å²) in [6.45, 7) is 6.46. The number of ether oxygens (including phenoxy) is 6. The molecule has 2 fully saturated rings. The van der Waals surface area contributed by atoms with Gasteiger partial charge in [-0.3, -0.25) is 0 Å². The maximum Gasteiger partial charge on any atom is 0.157 e. The van der Waals surface area contributed by atoms with E-state index >= 15 is 0 Å². The third kappa shape index (κ3) is 8.98. The standard InChI is InChI=1S/C17H32O6/c1-15(19-12-13-23-17-7-3-5-9-21-17)14-18-10-11-22-16-6-2-4-8-20-16/h15-17H,2-14H2,1H3. The molecule has 0 aromatic carbocycles. The molecule has 2 saturated heterocycles. The van der Waals surface area contributed by atoms with Crippen molar-refractivity contribution in [2.75, 3.05) is 46.2 Å². The number of hydrogen-bond acceptors (Lipinski definition) is 6. The first kappa shape index (κ1) is 19.1. The summed E-state index contributed by atoms with van der Waals surface area (Å²) in [6, 6.07) is 0. The molecule has 0 spiro atoms. The SMILES string of the molecule is CC(COCCOC1CCCCO1)OCCOC1CCCCO1. The minimum absolute atomic E-state index is 0.0415. The summed E-state index contributed by atoms with van der Waals surface area (Å²) >= 11 is 0. The molecule has 2 heterocycles. The van der Waals surface area contributed by atoms with E-state index in [1.165, 1.54) is 12.8 Å². The quantitative estimate of drug-likeness (QED) is 0.542. The average Bonchev–Trinajstić information content (AvgIpc) is 2.60. The highest BCUT2D eigenvalue weighted by Crippen LogP contribution is 2.14. The summed E-state index contributed by atoms with van der Waals surface area (Å²) in [6.07, 6.45) is 6.60. The molecule has 0 bridgehead atoms. The van der Waals surface area contributed by atoms with E-state index in [1.807, 2.05) is 6.92 Å². The van der Waals surface area contributed by atoms with Gasteiger partial charge >= 0.3 is 0 Å². The molecule has 2 aliphatic heterocycles. The van der Waals surface area contributed by atoms with Gasteiger partial charge in [-0.05, 0) is 45.4 Å². The van der Waals surface area contributed by atoms with Crippen LogP contribution in [0.5, 0.6) is 0 Å². The van der Waals surface area contributed by atoms with Crippen LogP contribution in [0.3, 0.4) is 0 Å². The molecule has 0 radical (unpaired) electrons. The topological polar surface area (TPSA) is 55.4 Å². The summed E-state index contributed by atoms with van der Waals surface area (Å²) in [5, 5.41) is 0. The van der Waals surface area contributed by atoms with Crippen molar-refractivity contribution in [1.82, 2.24) is 0 Å². The zero-order chi connectivity index (χ0) is 16.2. The third-order valence-electron chi connectivity index (χ3n) is 3.95. The third-order valence-corrected chi connectivity index (χ3v) is 3.95. The first-order chi connectivity index (χ1) is 11.3. The predicted octanol–water partition coefficient (Wildman–Crippen LogP) is 2.49. The minimum atomic E-state index is -0.0435. The van der Waals surface area contributed by atoms with Gasteiger partial charge in [0.2, 0.25) is 0 Å². The summed E-state index contributed by atoms with van der Waals surface area (Å²) in [5.41, 5.74) is 0. The van der Waals surface area contributed by atoms with Crippen LogP contribution in [-0.4, -0.2) is 64.9 Å². The summed E-state index contributed by atoms with van der Waals surface area (Å²) < 4.78 is 33.4. The minimum Gasteiger partial charge on any atom is -0.376 e. The molecule has 6 heteroatoms. The van der Waals surface area contributed by atoms with Crippen molar-refractivity contribution in [1.29, 1.82) is 0 Å². The highest BCUT2D eigenvalue weighted by atomic mass is 16.7. The van der Waals surface area contributed by atoms with Crippen LogP contribution in [-0.2, 0) is 28.4 Å². The lowest BCUT2D eigenvalue weighted by Crippen LogP contribution is -2.26. The molecule has 0 N–H and O–H groups in total. The van der Waals surface area contributed by atoms with Crippen LogP contribution in [0.4, 0.5) is 0 Å². The summed E-state index contributed by atoms with van der Waals surface area (Å²) in [7, 11) is 0. The van der Waals surface area contributed by atoms with Gasteiger partial charge in [-0.25, -0.2) is 0 Å².